The summed E-state index contributed by atoms with van der Waals surface area (Å²) in [6.45, 7) is 2.62. The van der Waals surface area contributed by atoms with Crippen LogP contribution in [0.15, 0.2) is 36.5 Å². The van der Waals surface area contributed by atoms with Crippen molar-refractivity contribution in [3.63, 3.8) is 0 Å². The van der Waals surface area contributed by atoms with Crippen LogP contribution < -0.4 is 0 Å². The number of likely N-dealkylation sites (N-methyl/N-ethyl adjacent to an activating group) is 1. The lowest BCUT2D eigenvalue weighted by Crippen LogP contribution is -2.43. The summed E-state index contributed by atoms with van der Waals surface area (Å²) in [5, 5.41) is 8.93. The Labute approximate surface area is 152 Å². The number of ether oxygens (including phenoxy) is 1. The molecule has 0 aromatic rings. The Kier molecular flexibility index (Phi) is 12.4. The van der Waals surface area contributed by atoms with E-state index in [-0.39, 0.29) is 18.8 Å². The van der Waals surface area contributed by atoms with Crippen molar-refractivity contribution in [3.8, 4) is 0 Å². The van der Waals surface area contributed by atoms with E-state index in [1.807, 2.05) is 27.2 Å². The van der Waals surface area contributed by atoms with Gasteiger partial charge in [0.15, 0.2) is 6.10 Å². The summed E-state index contributed by atoms with van der Waals surface area (Å²) in [5.41, 5.74) is 0. The molecule has 0 aliphatic heterocycles. The topological polar surface area (TPSA) is 63.6 Å². The molecule has 0 spiro atoms. The molecule has 1 N–H and O–H groups in total. The maximum atomic E-state index is 11.9. The second-order valence-electron chi connectivity index (χ2n) is 7.06. The first kappa shape index (κ1) is 23.1. The number of quaternary nitrogens is 1. The summed E-state index contributed by atoms with van der Waals surface area (Å²) in [6, 6.07) is 0. The van der Waals surface area contributed by atoms with Gasteiger partial charge in [0.25, 0.3) is 0 Å². The lowest BCUT2D eigenvalue weighted by molar-refractivity contribution is -0.873. The number of carboxylic acids is 1. The van der Waals surface area contributed by atoms with Crippen molar-refractivity contribution in [1.82, 2.24) is 0 Å². The molecule has 142 valence electrons. The predicted molar refractivity (Wildman–Crippen MR) is 101 cm³/mol. The molecule has 0 bridgehead atoms. The third kappa shape index (κ3) is 16.8. The number of esters is 1. The van der Waals surface area contributed by atoms with Crippen LogP contribution in [0, 0.1) is 0 Å². The minimum absolute atomic E-state index is 0.164. The van der Waals surface area contributed by atoms with E-state index in [4.69, 9.17) is 9.84 Å². The Bertz CT molecular complexity index is 473. The molecular weight excluding hydrogens is 318 g/mol. The van der Waals surface area contributed by atoms with Gasteiger partial charge in [0.1, 0.15) is 6.54 Å². The standard InChI is InChI=1S/C20H33NO4/c1-5-6-7-8-9-10-11-12-13-14-15-20(24)25-18(16-19(22)23)17-21(2,3)4/h7-8,10-11,13-14,18H,5-6,9,12,15-17H2,1-4H3/p+1/b8-7+,11-10+,14-13+. The number of unbranched alkanes of at least 4 members (excludes halogenated alkanes) is 1. The van der Waals surface area contributed by atoms with Gasteiger partial charge < -0.3 is 14.3 Å². The molecule has 0 fully saturated rings. The average molecular weight is 352 g/mol. The van der Waals surface area contributed by atoms with E-state index in [1.165, 1.54) is 6.42 Å². The molecular formula is C20H34NO4+. The highest BCUT2D eigenvalue weighted by Gasteiger charge is 2.24. The van der Waals surface area contributed by atoms with Gasteiger partial charge in [0.05, 0.1) is 34.0 Å². The minimum atomic E-state index is -0.958. The van der Waals surface area contributed by atoms with Gasteiger partial charge in [-0.2, -0.15) is 0 Å². The second kappa shape index (κ2) is 13.4. The molecule has 0 heterocycles. The summed E-state index contributed by atoms with van der Waals surface area (Å²) in [5.74, 6) is -1.35. The van der Waals surface area contributed by atoms with E-state index < -0.39 is 12.1 Å². The zero-order valence-electron chi connectivity index (χ0n) is 16.1. The first-order valence-corrected chi connectivity index (χ1v) is 8.91. The Morgan fingerprint density at radius 2 is 1.56 bits per heavy atom. The Morgan fingerprint density at radius 1 is 1.00 bits per heavy atom. The van der Waals surface area contributed by atoms with Crippen LogP contribution >= 0.6 is 0 Å². The number of hydrogen-bond donors (Lipinski definition) is 1. The number of nitrogens with zero attached hydrogens (tertiary/aromatic N) is 1. The normalized spacial score (nSPS) is 13.8. The number of allylic oxidation sites excluding steroid dienone is 5. The number of carbonyl (C=O) groups excluding carboxylic acids is 1. The van der Waals surface area contributed by atoms with Crippen LogP contribution in [0.1, 0.15) is 45.4 Å². The summed E-state index contributed by atoms with van der Waals surface area (Å²) in [6.07, 6.45) is 15.5. The molecule has 0 aromatic carbocycles. The molecule has 25 heavy (non-hydrogen) atoms. The van der Waals surface area contributed by atoms with E-state index in [2.05, 4.69) is 31.2 Å². The van der Waals surface area contributed by atoms with E-state index in [9.17, 15) is 9.59 Å². The van der Waals surface area contributed by atoms with Crippen LogP contribution in [0.3, 0.4) is 0 Å². The molecule has 1 atom stereocenters. The smallest absolute Gasteiger partial charge is 0.310 e. The van der Waals surface area contributed by atoms with Crippen LogP contribution in [0.2, 0.25) is 0 Å². The van der Waals surface area contributed by atoms with E-state index in [0.29, 0.717) is 11.0 Å². The molecule has 0 saturated heterocycles. The first-order chi connectivity index (χ1) is 11.7. The summed E-state index contributed by atoms with van der Waals surface area (Å²) in [7, 11) is 5.81. The van der Waals surface area contributed by atoms with Crippen molar-refractivity contribution in [2.75, 3.05) is 27.7 Å². The Morgan fingerprint density at radius 3 is 2.08 bits per heavy atom. The fourth-order valence-electron chi connectivity index (χ4n) is 2.19. The third-order valence-corrected chi connectivity index (χ3v) is 3.24. The van der Waals surface area contributed by atoms with Crippen molar-refractivity contribution in [1.29, 1.82) is 0 Å². The minimum Gasteiger partial charge on any atom is -0.481 e. The largest absolute Gasteiger partial charge is 0.481 e. The van der Waals surface area contributed by atoms with Crippen LogP contribution in [0.5, 0.6) is 0 Å². The monoisotopic (exact) mass is 352 g/mol. The fourth-order valence-corrected chi connectivity index (χ4v) is 2.19. The van der Waals surface area contributed by atoms with Gasteiger partial charge in [-0.3, -0.25) is 9.59 Å². The lowest BCUT2D eigenvalue weighted by Gasteiger charge is -2.28. The Balaban J connectivity index is 4.12. The number of hydrogen-bond acceptors (Lipinski definition) is 3. The SMILES string of the molecule is CCC/C=C/C/C=C/C/C=C/CC(=O)OC(CC(=O)O)C[N+](C)(C)C. The van der Waals surface area contributed by atoms with Crippen LogP contribution in [0.4, 0.5) is 0 Å². The van der Waals surface area contributed by atoms with Gasteiger partial charge in [0, 0.05) is 0 Å². The molecule has 0 radical (unpaired) electrons. The average Bonchev–Trinajstić information content (AvgIpc) is 2.46. The van der Waals surface area contributed by atoms with Crippen molar-refractivity contribution < 1.29 is 23.9 Å². The summed E-state index contributed by atoms with van der Waals surface area (Å²) in [4.78, 5) is 22.8. The van der Waals surface area contributed by atoms with E-state index >= 15 is 0 Å². The van der Waals surface area contributed by atoms with Gasteiger partial charge >= 0.3 is 11.9 Å². The summed E-state index contributed by atoms with van der Waals surface area (Å²) < 4.78 is 5.85. The van der Waals surface area contributed by atoms with Gasteiger partial charge in [-0.15, -0.1) is 0 Å². The van der Waals surface area contributed by atoms with Crippen LogP contribution in [-0.2, 0) is 14.3 Å². The molecule has 0 rings (SSSR count). The molecule has 5 heteroatoms. The van der Waals surface area contributed by atoms with Crippen LogP contribution in [0.25, 0.3) is 0 Å². The molecule has 0 saturated carbocycles. The second-order valence-corrected chi connectivity index (χ2v) is 7.06. The van der Waals surface area contributed by atoms with Gasteiger partial charge in [-0.25, -0.2) is 0 Å². The number of carboxylic acid groups (broad SMARTS) is 1. The van der Waals surface area contributed by atoms with Crippen LogP contribution in [-0.4, -0.2) is 55.3 Å². The van der Waals surface area contributed by atoms with Gasteiger partial charge in [0.2, 0.25) is 0 Å². The first-order valence-electron chi connectivity index (χ1n) is 8.91. The molecule has 0 amide bonds. The van der Waals surface area contributed by atoms with E-state index in [1.54, 1.807) is 6.08 Å². The van der Waals surface area contributed by atoms with Crippen molar-refractivity contribution in [2.45, 2.75) is 51.6 Å². The van der Waals surface area contributed by atoms with Crippen molar-refractivity contribution >= 4 is 11.9 Å². The number of rotatable bonds is 13. The molecule has 1 unspecified atom stereocenters. The predicted octanol–water partition coefficient (Wildman–Crippen LogP) is 3.72. The fraction of sp³-hybridized carbons (Fsp3) is 0.600. The highest BCUT2D eigenvalue weighted by molar-refractivity contribution is 5.72. The maximum absolute atomic E-state index is 11.9. The van der Waals surface area contributed by atoms with E-state index in [0.717, 1.165) is 19.3 Å². The highest BCUT2D eigenvalue weighted by atomic mass is 16.5. The quantitative estimate of drug-likeness (QED) is 0.312. The lowest BCUT2D eigenvalue weighted by atomic mass is 10.2. The molecule has 0 aliphatic rings. The zero-order chi connectivity index (χ0) is 19.1. The molecule has 0 aromatic heterocycles. The van der Waals surface area contributed by atoms with Gasteiger partial charge in [-0.05, 0) is 19.3 Å². The maximum Gasteiger partial charge on any atom is 0.310 e. The Hall–Kier alpha value is -1.88. The van der Waals surface area contributed by atoms with Crippen molar-refractivity contribution in [3.05, 3.63) is 36.5 Å². The third-order valence-electron chi connectivity index (χ3n) is 3.24. The number of aliphatic carboxylic acids is 1. The zero-order valence-corrected chi connectivity index (χ0v) is 16.1. The molecule has 5 nitrogen and oxygen atoms in total. The highest BCUT2D eigenvalue weighted by Crippen LogP contribution is 2.07. The number of carbonyl (C=O) groups is 2. The molecule has 0 aliphatic carbocycles. The van der Waals surface area contributed by atoms with Crippen molar-refractivity contribution in [2.24, 2.45) is 0 Å². The van der Waals surface area contributed by atoms with Gasteiger partial charge in [-0.1, -0.05) is 49.8 Å². The summed E-state index contributed by atoms with van der Waals surface area (Å²) >= 11 is 0.